The summed E-state index contributed by atoms with van der Waals surface area (Å²) in [5.74, 6) is -1.06. The summed E-state index contributed by atoms with van der Waals surface area (Å²) >= 11 is 0. The maximum atomic E-state index is 13.1. The van der Waals surface area contributed by atoms with Crippen molar-refractivity contribution in [2.24, 2.45) is 0 Å². The maximum Gasteiger partial charge on any atom is 0.129 e. The van der Waals surface area contributed by atoms with Gasteiger partial charge in [0, 0.05) is 18.2 Å². The molecule has 112 valence electrons. The van der Waals surface area contributed by atoms with Gasteiger partial charge in [-0.3, -0.25) is 0 Å². The molecule has 0 aromatic heterocycles. The van der Waals surface area contributed by atoms with Crippen LogP contribution in [0.1, 0.15) is 18.1 Å². The number of halogens is 2. The largest absolute Gasteiger partial charge is 0.489 e. The number of nitrogens with one attached hydrogen (secondary N) is 1. The second kappa shape index (κ2) is 7.74. The average molecular weight is 291 g/mol. The molecular formula is C17H19F2NO. The maximum absolute atomic E-state index is 13.1. The molecule has 0 unspecified atom stereocenters. The lowest BCUT2D eigenvalue weighted by Gasteiger charge is -2.11. The van der Waals surface area contributed by atoms with Crippen molar-refractivity contribution in [2.75, 3.05) is 13.1 Å². The number of benzene rings is 2. The lowest BCUT2D eigenvalue weighted by atomic mass is 10.1. The Labute approximate surface area is 123 Å². The van der Waals surface area contributed by atoms with E-state index in [0.29, 0.717) is 6.61 Å². The van der Waals surface area contributed by atoms with E-state index in [-0.39, 0.29) is 5.75 Å². The van der Waals surface area contributed by atoms with E-state index in [1.165, 1.54) is 17.7 Å². The van der Waals surface area contributed by atoms with E-state index in [1.54, 1.807) is 0 Å². The van der Waals surface area contributed by atoms with Gasteiger partial charge in [0.05, 0.1) is 0 Å². The lowest BCUT2D eigenvalue weighted by Crippen LogP contribution is -2.17. The van der Waals surface area contributed by atoms with E-state index in [2.05, 4.69) is 12.2 Å². The molecule has 0 radical (unpaired) electrons. The molecule has 0 saturated carbocycles. The molecule has 0 bridgehead atoms. The zero-order valence-corrected chi connectivity index (χ0v) is 12.0. The van der Waals surface area contributed by atoms with Crippen LogP contribution in [0, 0.1) is 11.6 Å². The predicted molar refractivity (Wildman–Crippen MR) is 79.4 cm³/mol. The molecule has 2 rings (SSSR count). The fourth-order valence-electron chi connectivity index (χ4n) is 2.11. The van der Waals surface area contributed by atoms with Crippen LogP contribution >= 0.6 is 0 Å². The van der Waals surface area contributed by atoms with Crippen molar-refractivity contribution in [1.29, 1.82) is 0 Å². The number of ether oxygens (including phenoxy) is 1. The van der Waals surface area contributed by atoms with Crippen molar-refractivity contribution in [3.8, 4) is 5.75 Å². The molecule has 4 heteroatoms. The molecule has 0 aliphatic heterocycles. The first-order chi connectivity index (χ1) is 10.2. The van der Waals surface area contributed by atoms with Crippen LogP contribution in [0.4, 0.5) is 8.78 Å². The zero-order chi connectivity index (χ0) is 15.1. The SMILES string of the molecule is CCNCCc1ccccc1COc1cc(F)cc(F)c1. The Kier molecular flexibility index (Phi) is 5.69. The van der Waals surface area contributed by atoms with Crippen LogP contribution in [0.15, 0.2) is 42.5 Å². The first kappa shape index (κ1) is 15.4. The van der Waals surface area contributed by atoms with Crippen molar-refractivity contribution >= 4 is 0 Å². The molecule has 2 aromatic carbocycles. The smallest absolute Gasteiger partial charge is 0.129 e. The summed E-state index contributed by atoms with van der Waals surface area (Å²) in [7, 11) is 0. The third-order valence-electron chi connectivity index (χ3n) is 3.17. The fraction of sp³-hybridized carbons (Fsp3) is 0.294. The van der Waals surface area contributed by atoms with Crippen LogP contribution in [0.2, 0.25) is 0 Å². The summed E-state index contributed by atoms with van der Waals surface area (Å²) in [6, 6.07) is 11.1. The van der Waals surface area contributed by atoms with Gasteiger partial charge in [-0.05, 0) is 30.6 Å². The Morgan fingerprint density at radius 1 is 1.00 bits per heavy atom. The van der Waals surface area contributed by atoms with Gasteiger partial charge in [-0.25, -0.2) is 8.78 Å². The normalized spacial score (nSPS) is 10.6. The minimum atomic E-state index is -0.634. The molecule has 2 nitrogen and oxygen atoms in total. The van der Waals surface area contributed by atoms with E-state index in [4.69, 9.17) is 4.74 Å². The van der Waals surface area contributed by atoms with Crippen molar-refractivity contribution in [2.45, 2.75) is 20.0 Å². The van der Waals surface area contributed by atoms with Crippen molar-refractivity contribution in [3.63, 3.8) is 0 Å². The summed E-state index contributed by atoms with van der Waals surface area (Å²) in [4.78, 5) is 0. The van der Waals surface area contributed by atoms with Crippen molar-refractivity contribution in [3.05, 3.63) is 65.2 Å². The first-order valence-electron chi connectivity index (χ1n) is 7.05. The Morgan fingerprint density at radius 2 is 1.67 bits per heavy atom. The third-order valence-corrected chi connectivity index (χ3v) is 3.17. The zero-order valence-electron chi connectivity index (χ0n) is 12.0. The predicted octanol–water partition coefficient (Wildman–Crippen LogP) is 3.70. The molecular weight excluding hydrogens is 272 g/mol. The molecule has 0 aliphatic carbocycles. The van der Waals surface area contributed by atoms with Crippen LogP contribution in [-0.4, -0.2) is 13.1 Å². The van der Waals surface area contributed by atoms with E-state index >= 15 is 0 Å². The quantitative estimate of drug-likeness (QED) is 0.785. The fourth-order valence-corrected chi connectivity index (χ4v) is 2.11. The van der Waals surface area contributed by atoms with Gasteiger partial charge in [0.2, 0.25) is 0 Å². The van der Waals surface area contributed by atoms with Crippen LogP contribution in [0.3, 0.4) is 0 Å². The van der Waals surface area contributed by atoms with Crippen molar-refractivity contribution in [1.82, 2.24) is 5.32 Å². The van der Waals surface area contributed by atoms with Gasteiger partial charge in [0.15, 0.2) is 0 Å². The van der Waals surface area contributed by atoms with Gasteiger partial charge in [-0.2, -0.15) is 0 Å². The highest BCUT2D eigenvalue weighted by Gasteiger charge is 2.05. The summed E-state index contributed by atoms with van der Waals surface area (Å²) in [6.45, 7) is 4.18. The molecule has 0 heterocycles. The molecule has 0 fully saturated rings. The second-order valence-corrected chi connectivity index (χ2v) is 4.77. The summed E-state index contributed by atoms with van der Waals surface area (Å²) in [6.07, 6.45) is 0.894. The third kappa shape index (κ3) is 4.83. The molecule has 0 saturated heterocycles. The molecule has 2 aromatic rings. The van der Waals surface area contributed by atoms with Gasteiger partial charge in [-0.1, -0.05) is 31.2 Å². The van der Waals surface area contributed by atoms with Gasteiger partial charge < -0.3 is 10.1 Å². The molecule has 0 atom stereocenters. The minimum Gasteiger partial charge on any atom is -0.489 e. The Bertz CT molecular complexity index is 567. The molecule has 0 aliphatic rings. The van der Waals surface area contributed by atoms with Crippen LogP contribution in [0.25, 0.3) is 0 Å². The highest BCUT2D eigenvalue weighted by atomic mass is 19.1. The van der Waals surface area contributed by atoms with Crippen LogP contribution in [0.5, 0.6) is 5.75 Å². The Hall–Kier alpha value is -1.94. The minimum absolute atomic E-state index is 0.203. The summed E-state index contributed by atoms with van der Waals surface area (Å²) in [5.41, 5.74) is 2.20. The van der Waals surface area contributed by atoms with Gasteiger partial charge in [-0.15, -0.1) is 0 Å². The van der Waals surface area contributed by atoms with E-state index < -0.39 is 11.6 Å². The monoisotopic (exact) mass is 291 g/mol. The molecule has 0 spiro atoms. The van der Waals surface area contributed by atoms with Crippen LogP contribution in [-0.2, 0) is 13.0 Å². The number of rotatable bonds is 7. The van der Waals surface area contributed by atoms with E-state index in [9.17, 15) is 8.78 Å². The van der Waals surface area contributed by atoms with E-state index in [0.717, 1.165) is 31.1 Å². The molecule has 0 amide bonds. The van der Waals surface area contributed by atoms with Crippen molar-refractivity contribution < 1.29 is 13.5 Å². The second-order valence-electron chi connectivity index (χ2n) is 4.77. The van der Waals surface area contributed by atoms with Gasteiger partial charge in [0.25, 0.3) is 0 Å². The number of likely N-dealkylation sites (N-methyl/N-ethyl adjacent to an activating group) is 1. The number of hydrogen-bond donors (Lipinski definition) is 1. The van der Waals surface area contributed by atoms with Crippen LogP contribution < -0.4 is 10.1 Å². The summed E-state index contributed by atoms with van der Waals surface area (Å²) < 4.78 is 31.7. The van der Waals surface area contributed by atoms with Gasteiger partial charge in [0.1, 0.15) is 24.0 Å². The average Bonchev–Trinajstić information content (AvgIpc) is 2.45. The Balaban J connectivity index is 2.02. The number of hydrogen-bond acceptors (Lipinski definition) is 2. The van der Waals surface area contributed by atoms with Gasteiger partial charge >= 0.3 is 0 Å². The molecule has 21 heavy (non-hydrogen) atoms. The lowest BCUT2D eigenvalue weighted by molar-refractivity contribution is 0.301. The standard InChI is InChI=1S/C17H19F2NO/c1-2-20-8-7-13-5-3-4-6-14(13)12-21-17-10-15(18)9-16(19)11-17/h3-6,9-11,20H,2,7-8,12H2,1H3. The highest BCUT2D eigenvalue weighted by Crippen LogP contribution is 2.18. The molecule has 1 N–H and O–H groups in total. The first-order valence-corrected chi connectivity index (χ1v) is 7.05. The topological polar surface area (TPSA) is 21.3 Å². The summed E-state index contributed by atoms with van der Waals surface area (Å²) in [5, 5.41) is 3.27. The van der Waals surface area contributed by atoms with E-state index in [1.807, 2.05) is 24.3 Å². The Morgan fingerprint density at radius 3 is 2.33 bits per heavy atom. The highest BCUT2D eigenvalue weighted by molar-refractivity contribution is 5.29.